The van der Waals surface area contributed by atoms with Gasteiger partial charge in [0.25, 0.3) is 0 Å². The van der Waals surface area contributed by atoms with E-state index in [1.165, 1.54) is 0 Å². The van der Waals surface area contributed by atoms with Gasteiger partial charge in [0.1, 0.15) is 11.9 Å². The summed E-state index contributed by atoms with van der Waals surface area (Å²) in [6.07, 6.45) is 3.89. The zero-order valence-corrected chi connectivity index (χ0v) is 12.1. The molecule has 0 aromatic carbocycles. The molecule has 108 valence electrons. The summed E-state index contributed by atoms with van der Waals surface area (Å²) in [6.45, 7) is 7.74. The molecule has 2 rings (SSSR count). The van der Waals surface area contributed by atoms with E-state index in [2.05, 4.69) is 4.90 Å². The van der Waals surface area contributed by atoms with Crippen LogP contribution in [-0.4, -0.2) is 59.5 Å². The molecule has 0 aromatic heterocycles. The number of ether oxygens (including phenoxy) is 1. The van der Waals surface area contributed by atoms with Crippen molar-refractivity contribution in [2.45, 2.75) is 57.7 Å². The smallest absolute Gasteiger partial charge is 0.410 e. The van der Waals surface area contributed by atoms with Crippen LogP contribution in [0.3, 0.4) is 0 Å². The van der Waals surface area contributed by atoms with Crippen molar-refractivity contribution < 1.29 is 14.3 Å². The van der Waals surface area contributed by atoms with E-state index in [1.54, 1.807) is 4.90 Å². The molecule has 2 aliphatic heterocycles. The molecule has 0 unspecified atom stereocenters. The highest BCUT2D eigenvalue weighted by Crippen LogP contribution is 2.26. The lowest BCUT2D eigenvalue weighted by Crippen LogP contribution is -2.60. The van der Waals surface area contributed by atoms with E-state index >= 15 is 0 Å². The molecular formula is C14H24N2O3. The third kappa shape index (κ3) is 3.47. The lowest BCUT2D eigenvalue weighted by Gasteiger charge is -2.46. The molecule has 2 heterocycles. The summed E-state index contributed by atoms with van der Waals surface area (Å²) in [5.74, 6) is 0. The molecule has 1 amide bonds. The van der Waals surface area contributed by atoms with Crippen LogP contribution in [0.4, 0.5) is 4.79 Å². The number of carbonyl (C=O) groups is 2. The van der Waals surface area contributed by atoms with Crippen LogP contribution in [0.2, 0.25) is 0 Å². The second kappa shape index (κ2) is 5.49. The molecule has 0 bridgehead atoms. The molecule has 19 heavy (non-hydrogen) atoms. The topological polar surface area (TPSA) is 49.9 Å². The summed E-state index contributed by atoms with van der Waals surface area (Å²) in [4.78, 5) is 27.2. The van der Waals surface area contributed by atoms with Crippen molar-refractivity contribution in [1.82, 2.24) is 9.80 Å². The van der Waals surface area contributed by atoms with Crippen molar-refractivity contribution in [3.05, 3.63) is 0 Å². The number of amides is 1. The van der Waals surface area contributed by atoms with Crippen LogP contribution >= 0.6 is 0 Å². The van der Waals surface area contributed by atoms with Gasteiger partial charge < -0.3 is 14.4 Å². The van der Waals surface area contributed by atoms with E-state index in [4.69, 9.17) is 4.74 Å². The molecule has 5 nitrogen and oxygen atoms in total. The van der Waals surface area contributed by atoms with Gasteiger partial charge in [-0.3, -0.25) is 4.90 Å². The normalized spacial score (nSPS) is 28.7. The Kier molecular flexibility index (Phi) is 4.13. The van der Waals surface area contributed by atoms with Crippen LogP contribution in [0.5, 0.6) is 0 Å². The molecule has 2 aliphatic rings. The maximum absolute atomic E-state index is 12.1. The van der Waals surface area contributed by atoms with E-state index in [-0.39, 0.29) is 12.1 Å². The minimum Gasteiger partial charge on any atom is -0.444 e. The largest absolute Gasteiger partial charge is 0.444 e. The fourth-order valence-electron chi connectivity index (χ4n) is 2.93. The molecule has 0 aliphatic carbocycles. The van der Waals surface area contributed by atoms with Crippen molar-refractivity contribution in [2.75, 3.05) is 19.6 Å². The highest BCUT2D eigenvalue weighted by Gasteiger charge is 2.37. The third-order valence-corrected chi connectivity index (χ3v) is 3.80. The number of rotatable bonds is 1. The molecule has 5 heteroatoms. The van der Waals surface area contributed by atoms with E-state index in [0.717, 1.165) is 32.1 Å². The fraction of sp³-hybridized carbons (Fsp3) is 0.857. The number of piperidine rings is 1. The highest BCUT2D eigenvalue weighted by molar-refractivity contribution is 5.68. The van der Waals surface area contributed by atoms with Crippen LogP contribution in [0, 0.1) is 0 Å². The number of fused-ring (bicyclic) bond motifs is 1. The zero-order chi connectivity index (χ0) is 14.0. The first-order valence-electron chi connectivity index (χ1n) is 7.09. The maximum atomic E-state index is 12.1. The summed E-state index contributed by atoms with van der Waals surface area (Å²) < 4.78 is 5.41. The average Bonchev–Trinajstić information content (AvgIpc) is 2.35. The number of carbonyl (C=O) groups excluding carboxylic acids is 2. The Morgan fingerprint density at radius 1 is 1.26 bits per heavy atom. The quantitative estimate of drug-likeness (QED) is 0.679. The second-order valence-corrected chi connectivity index (χ2v) is 6.45. The van der Waals surface area contributed by atoms with E-state index in [1.807, 2.05) is 20.8 Å². The summed E-state index contributed by atoms with van der Waals surface area (Å²) in [5, 5.41) is 0. The van der Waals surface area contributed by atoms with Crippen molar-refractivity contribution in [2.24, 2.45) is 0 Å². The summed E-state index contributed by atoms with van der Waals surface area (Å²) in [7, 11) is 0. The van der Waals surface area contributed by atoms with Gasteiger partial charge in [0.15, 0.2) is 0 Å². The first kappa shape index (κ1) is 14.3. The number of aldehydes is 1. The zero-order valence-electron chi connectivity index (χ0n) is 12.1. The Hall–Kier alpha value is -1.10. The third-order valence-electron chi connectivity index (χ3n) is 3.80. The predicted octanol–water partition coefficient (Wildman–Crippen LogP) is 1.66. The first-order valence-corrected chi connectivity index (χ1v) is 7.09. The Bertz CT molecular complexity index is 351. The van der Waals surface area contributed by atoms with Gasteiger partial charge in [0.2, 0.25) is 0 Å². The molecule has 0 aromatic rings. The van der Waals surface area contributed by atoms with Gasteiger partial charge in [-0.05, 0) is 40.0 Å². The van der Waals surface area contributed by atoms with Crippen LogP contribution in [0.1, 0.15) is 40.0 Å². The Morgan fingerprint density at radius 2 is 2.00 bits per heavy atom. The van der Waals surface area contributed by atoms with Crippen molar-refractivity contribution in [3.63, 3.8) is 0 Å². The summed E-state index contributed by atoms with van der Waals surface area (Å²) >= 11 is 0. The average molecular weight is 268 g/mol. The Balaban J connectivity index is 1.95. The number of hydrogen-bond acceptors (Lipinski definition) is 4. The van der Waals surface area contributed by atoms with Crippen LogP contribution < -0.4 is 0 Å². The lowest BCUT2D eigenvalue weighted by molar-refractivity contribution is -0.116. The first-order chi connectivity index (χ1) is 8.90. The van der Waals surface area contributed by atoms with Crippen LogP contribution in [0.25, 0.3) is 0 Å². The van der Waals surface area contributed by atoms with Gasteiger partial charge in [0.05, 0.1) is 6.04 Å². The molecule has 2 fully saturated rings. The van der Waals surface area contributed by atoms with Gasteiger partial charge in [0, 0.05) is 25.7 Å². The molecular weight excluding hydrogens is 244 g/mol. The molecule has 0 radical (unpaired) electrons. The van der Waals surface area contributed by atoms with Crippen molar-refractivity contribution >= 4 is 12.4 Å². The lowest BCUT2D eigenvalue weighted by atomic mass is 9.94. The van der Waals surface area contributed by atoms with Crippen LogP contribution in [0.15, 0.2) is 0 Å². The van der Waals surface area contributed by atoms with Gasteiger partial charge in [-0.15, -0.1) is 0 Å². The van der Waals surface area contributed by atoms with Gasteiger partial charge in [-0.1, -0.05) is 0 Å². The van der Waals surface area contributed by atoms with E-state index < -0.39 is 5.60 Å². The van der Waals surface area contributed by atoms with Crippen LogP contribution in [-0.2, 0) is 9.53 Å². The number of piperazine rings is 1. The SMILES string of the molecule is CC(C)(C)OC(=O)N1CCN2[C@@H](CCC[C@@H]2C=O)C1. The number of hydrogen-bond donors (Lipinski definition) is 0. The monoisotopic (exact) mass is 268 g/mol. The standard InChI is InChI=1S/C14H24N2O3/c1-14(2,3)19-13(18)15-7-8-16-11(9-15)5-4-6-12(16)10-17/h10-12H,4-9H2,1-3H3/t11-,12+/m0/s1. The van der Waals surface area contributed by atoms with E-state index in [9.17, 15) is 9.59 Å². The molecule has 2 atom stereocenters. The number of nitrogens with zero attached hydrogens (tertiary/aromatic N) is 2. The molecule has 0 N–H and O–H groups in total. The summed E-state index contributed by atoms with van der Waals surface area (Å²) in [6, 6.07) is 0.352. The Labute approximate surface area is 114 Å². The predicted molar refractivity (Wildman–Crippen MR) is 72.0 cm³/mol. The van der Waals surface area contributed by atoms with Gasteiger partial charge in [-0.25, -0.2) is 4.79 Å². The van der Waals surface area contributed by atoms with E-state index in [0.29, 0.717) is 19.1 Å². The maximum Gasteiger partial charge on any atom is 0.410 e. The molecule has 0 saturated carbocycles. The highest BCUT2D eigenvalue weighted by atomic mass is 16.6. The molecule has 2 saturated heterocycles. The Morgan fingerprint density at radius 3 is 2.63 bits per heavy atom. The van der Waals surface area contributed by atoms with Gasteiger partial charge in [-0.2, -0.15) is 0 Å². The molecule has 0 spiro atoms. The van der Waals surface area contributed by atoms with Crippen molar-refractivity contribution in [1.29, 1.82) is 0 Å². The van der Waals surface area contributed by atoms with Gasteiger partial charge >= 0.3 is 6.09 Å². The second-order valence-electron chi connectivity index (χ2n) is 6.45. The van der Waals surface area contributed by atoms with Crippen molar-refractivity contribution in [3.8, 4) is 0 Å². The minimum atomic E-state index is -0.452. The fourth-order valence-corrected chi connectivity index (χ4v) is 2.93. The minimum absolute atomic E-state index is 0.0412. The summed E-state index contributed by atoms with van der Waals surface area (Å²) in [5.41, 5.74) is -0.452.